The van der Waals surface area contributed by atoms with Crippen LogP contribution in [0.1, 0.15) is 27.2 Å². The molecule has 0 radical (unpaired) electrons. The Morgan fingerprint density at radius 3 is 2.62 bits per heavy atom. The number of ether oxygens (including phenoxy) is 1. The topological polar surface area (TPSA) is 67.4 Å². The first-order valence-electron chi connectivity index (χ1n) is 6.40. The summed E-state index contributed by atoms with van der Waals surface area (Å²) in [4.78, 5) is 23.1. The Balaban J connectivity index is 2.38. The summed E-state index contributed by atoms with van der Waals surface area (Å²) in [7, 11) is 0. The van der Waals surface area contributed by atoms with E-state index in [0.717, 1.165) is 0 Å². The van der Waals surface area contributed by atoms with E-state index >= 15 is 0 Å². The minimum Gasteiger partial charge on any atom is -0.444 e. The van der Waals surface area contributed by atoms with Crippen LogP contribution in [0, 0.1) is 5.82 Å². The predicted octanol–water partition coefficient (Wildman–Crippen LogP) is 3.44. The average Bonchev–Trinajstić information content (AvgIpc) is 2.32. The highest BCUT2D eigenvalue weighted by molar-refractivity contribution is 9.10. The Labute approximate surface area is 131 Å². The second-order valence-corrected chi connectivity index (χ2v) is 6.12. The summed E-state index contributed by atoms with van der Waals surface area (Å²) in [5, 5.41) is 5.03. The standard InChI is InChI=1S/C14H18BrFN2O3/c1-14(2,3)21-13(20)17-8-7-11(19)18-10-6-4-5-9(16)12(10)15/h4-6H,7-8H2,1-3H3,(H,17,20)(H,18,19). The van der Waals surface area contributed by atoms with Gasteiger partial charge in [-0.25, -0.2) is 9.18 Å². The molecule has 0 aromatic heterocycles. The van der Waals surface area contributed by atoms with E-state index in [9.17, 15) is 14.0 Å². The summed E-state index contributed by atoms with van der Waals surface area (Å²) in [5.41, 5.74) is -0.240. The number of hydrogen-bond acceptors (Lipinski definition) is 3. The number of rotatable bonds is 4. The Morgan fingerprint density at radius 1 is 1.33 bits per heavy atom. The number of halogens is 2. The molecule has 1 rings (SSSR count). The highest BCUT2D eigenvalue weighted by Crippen LogP contribution is 2.25. The van der Waals surface area contributed by atoms with Gasteiger partial charge in [0.25, 0.3) is 0 Å². The van der Waals surface area contributed by atoms with Gasteiger partial charge in [-0.3, -0.25) is 4.79 Å². The van der Waals surface area contributed by atoms with E-state index in [1.165, 1.54) is 12.1 Å². The van der Waals surface area contributed by atoms with E-state index in [0.29, 0.717) is 5.69 Å². The Kier molecular flexibility index (Phi) is 6.14. The van der Waals surface area contributed by atoms with E-state index in [4.69, 9.17) is 4.74 Å². The molecule has 0 heterocycles. The second kappa shape index (κ2) is 7.40. The number of alkyl carbamates (subject to hydrolysis) is 1. The van der Waals surface area contributed by atoms with Crippen molar-refractivity contribution in [2.45, 2.75) is 32.8 Å². The van der Waals surface area contributed by atoms with Crippen molar-refractivity contribution < 1.29 is 18.7 Å². The van der Waals surface area contributed by atoms with E-state index < -0.39 is 17.5 Å². The maximum absolute atomic E-state index is 13.3. The molecule has 0 atom stereocenters. The largest absolute Gasteiger partial charge is 0.444 e. The molecule has 5 nitrogen and oxygen atoms in total. The zero-order valence-electron chi connectivity index (χ0n) is 12.1. The number of anilines is 1. The number of hydrogen-bond donors (Lipinski definition) is 2. The monoisotopic (exact) mass is 360 g/mol. The molecule has 0 saturated heterocycles. The van der Waals surface area contributed by atoms with Gasteiger partial charge in [0.2, 0.25) is 5.91 Å². The lowest BCUT2D eigenvalue weighted by atomic mass is 10.2. The first kappa shape index (κ1) is 17.4. The molecule has 0 fully saturated rings. The van der Waals surface area contributed by atoms with Gasteiger partial charge < -0.3 is 15.4 Å². The van der Waals surface area contributed by atoms with Gasteiger partial charge in [0.1, 0.15) is 11.4 Å². The van der Waals surface area contributed by atoms with Crippen molar-refractivity contribution in [3.8, 4) is 0 Å². The van der Waals surface area contributed by atoms with Crippen LogP contribution < -0.4 is 10.6 Å². The third-order valence-electron chi connectivity index (χ3n) is 2.25. The predicted molar refractivity (Wildman–Crippen MR) is 81.6 cm³/mol. The summed E-state index contributed by atoms with van der Waals surface area (Å²) < 4.78 is 18.5. The first-order chi connectivity index (χ1) is 9.69. The van der Waals surface area contributed by atoms with Crippen LogP contribution in [0.5, 0.6) is 0 Å². The van der Waals surface area contributed by atoms with Gasteiger partial charge in [-0.15, -0.1) is 0 Å². The van der Waals surface area contributed by atoms with E-state index in [1.807, 2.05) is 0 Å². The van der Waals surface area contributed by atoms with Gasteiger partial charge in [-0.05, 0) is 48.8 Å². The van der Waals surface area contributed by atoms with Gasteiger partial charge in [-0.2, -0.15) is 0 Å². The van der Waals surface area contributed by atoms with Crippen LogP contribution in [-0.4, -0.2) is 24.1 Å². The van der Waals surface area contributed by atoms with Crippen molar-refractivity contribution in [2.75, 3.05) is 11.9 Å². The molecule has 21 heavy (non-hydrogen) atoms. The van der Waals surface area contributed by atoms with Gasteiger partial charge in [-0.1, -0.05) is 6.07 Å². The molecule has 0 aliphatic heterocycles. The lowest BCUT2D eigenvalue weighted by Crippen LogP contribution is -2.34. The van der Waals surface area contributed by atoms with Crippen LogP contribution >= 0.6 is 15.9 Å². The summed E-state index contributed by atoms with van der Waals surface area (Å²) in [6.07, 6.45) is -0.524. The number of amides is 2. The fraction of sp³-hybridized carbons (Fsp3) is 0.429. The number of carbonyl (C=O) groups is 2. The van der Waals surface area contributed by atoms with Crippen LogP contribution in [0.4, 0.5) is 14.9 Å². The molecule has 1 aromatic carbocycles. The van der Waals surface area contributed by atoms with Gasteiger partial charge in [0.15, 0.2) is 0 Å². The van der Waals surface area contributed by atoms with E-state index in [2.05, 4.69) is 26.6 Å². The third-order valence-corrected chi connectivity index (χ3v) is 3.05. The zero-order chi connectivity index (χ0) is 16.0. The van der Waals surface area contributed by atoms with Crippen molar-refractivity contribution >= 4 is 33.6 Å². The smallest absolute Gasteiger partial charge is 0.407 e. The van der Waals surface area contributed by atoms with Crippen molar-refractivity contribution in [3.63, 3.8) is 0 Å². The van der Waals surface area contributed by atoms with Crippen LogP contribution in [0.2, 0.25) is 0 Å². The van der Waals surface area contributed by atoms with E-state index in [-0.39, 0.29) is 23.3 Å². The maximum Gasteiger partial charge on any atom is 0.407 e. The van der Waals surface area contributed by atoms with Crippen LogP contribution in [0.15, 0.2) is 22.7 Å². The molecule has 0 spiro atoms. The zero-order valence-corrected chi connectivity index (χ0v) is 13.7. The molecule has 0 unspecified atom stereocenters. The van der Waals surface area contributed by atoms with Crippen LogP contribution in [-0.2, 0) is 9.53 Å². The normalized spacial score (nSPS) is 10.9. The SMILES string of the molecule is CC(C)(C)OC(=O)NCCC(=O)Nc1cccc(F)c1Br. The Bertz CT molecular complexity index is 529. The minimum atomic E-state index is -0.585. The number of nitrogens with one attached hydrogen (secondary N) is 2. The first-order valence-corrected chi connectivity index (χ1v) is 7.19. The number of benzene rings is 1. The van der Waals surface area contributed by atoms with Gasteiger partial charge in [0.05, 0.1) is 10.2 Å². The Morgan fingerprint density at radius 2 is 2.00 bits per heavy atom. The lowest BCUT2D eigenvalue weighted by Gasteiger charge is -2.19. The number of carbonyl (C=O) groups excluding carboxylic acids is 2. The molecule has 0 aliphatic carbocycles. The van der Waals surface area contributed by atoms with Crippen LogP contribution in [0.25, 0.3) is 0 Å². The third kappa shape index (κ3) is 6.57. The van der Waals surface area contributed by atoms with Gasteiger partial charge >= 0.3 is 6.09 Å². The molecule has 2 amide bonds. The highest BCUT2D eigenvalue weighted by atomic mass is 79.9. The maximum atomic E-state index is 13.3. The van der Waals surface area contributed by atoms with Crippen molar-refractivity contribution in [1.82, 2.24) is 5.32 Å². The summed E-state index contributed by atoms with van der Waals surface area (Å²) in [6.45, 7) is 5.38. The molecule has 0 saturated carbocycles. The van der Waals surface area contributed by atoms with Gasteiger partial charge in [0, 0.05) is 13.0 Å². The van der Waals surface area contributed by atoms with Crippen LogP contribution in [0.3, 0.4) is 0 Å². The lowest BCUT2D eigenvalue weighted by molar-refractivity contribution is -0.116. The molecular formula is C14H18BrFN2O3. The highest BCUT2D eigenvalue weighted by Gasteiger charge is 2.16. The molecule has 2 N–H and O–H groups in total. The molecule has 116 valence electrons. The quantitative estimate of drug-likeness (QED) is 0.863. The average molecular weight is 361 g/mol. The Hall–Kier alpha value is -1.63. The summed E-state index contributed by atoms with van der Waals surface area (Å²) in [6, 6.07) is 4.35. The molecule has 7 heteroatoms. The van der Waals surface area contributed by atoms with E-state index in [1.54, 1.807) is 26.8 Å². The van der Waals surface area contributed by atoms with Crippen molar-refractivity contribution in [2.24, 2.45) is 0 Å². The summed E-state index contributed by atoms with van der Waals surface area (Å²) in [5.74, 6) is -0.794. The molecular weight excluding hydrogens is 343 g/mol. The molecule has 1 aromatic rings. The fourth-order valence-corrected chi connectivity index (χ4v) is 1.77. The fourth-order valence-electron chi connectivity index (χ4n) is 1.41. The van der Waals surface area contributed by atoms with Crippen molar-refractivity contribution in [3.05, 3.63) is 28.5 Å². The molecule has 0 bridgehead atoms. The summed E-state index contributed by atoms with van der Waals surface area (Å²) >= 11 is 3.05. The molecule has 0 aliphatic rings. The van der Waals surface area contributed by atoms with Crippen molar-refractivity contribution in [1.29, 1.82) is 0 Å². The second-order valence-electron chi connectivity index (χ2n) is 5.33. The minimum absolute atomic E-state index is 0.0577.